The summed E-state index contributed by atoms with van der Waals surface area (Å²) in [4.78, 5) is 11.0. The van der Waals surface area contributed by atoms with Crippen LogP contribution in [0.5, 0.6) is 5.75 Å². The highest BCUT2D eigenvalue weighted by Crippen LogP contribution is 2.27. The fourth-order valence-electron chi connectivity index (χ4n) is 1.59. The molecule has 0 aliphatic carbocycles. The van der Waals surface area contributed by atoms with Gasteiger partial charge in [-0.25, -0.2) is 9.18 Å². The molecule has 2 aromatic carbocycles. The lowest BCUT2D eigenvalue weighted by molar-refractivity contribution is 0.0697. The van der Waals surface area contributed by atoms with E-state index in [0.29, 0.717) is 11.1 Å². The molecular weight excluding hydrogens is 223 g/mol. The number of aromatic carboxylic acids is 1. The van der Waals surface area contributed by atoms with Crippen molar-refractivity contribution in [2.75, 3.05) is 0 Å². The van der Waals surface area contributed by atoms with Crippen LogP contribution in [-0.4, -0.2) is 16.2 Å². The second-order valence-electron chi connectivity index (χ2n) is 3.54. The van der Waals surface area contributed by atoms with E-state index in [1.54, 1.807) is 0 Å². The van der Waals surface area contributed by atoms with Crippen LogP contribution in [0.3, 0.4) is 0 Å². The van der Waals surface area contributed by atoms with E-state index in [2.05, 4.69) is 0 Å². The molecule has 0 saturated carbocycles. The van der Waals surface area contributed by atoms with Crippen molar-refractivity contribution in [2.24, 2.45) is 0 Å². The van der Waals surface area contributed by atoms with Crippen LogP contribution in [0, 0.1) is 5.82 Å². The van der Waals surface area contributed by atoms with Crippen LogP contribution in [0.15, 0.2) is 42.5 Å². The quantitative estimate of drug-likeness (QED) is 0.836. The van der Waals surface area contributed by atoms with E-state index in [-0.39, 0.29) is 11.3 Å². The minimum atomic E-state index is -1.09. The SMILES string of the molecule is O=C(O)c1ccc(O)cc1-c1ccc(F)cc1. The van der Waals surface area contributed by atoms with Gasteiger partial charge in [-0.2, -0.15) is 0 Å². The third-order valence-electron chi connectivity index (χ3n) is 2.39. The van der Waals surface area contributed by atoms with E-state index in [4.69, 9.17) is 5.11 Å². The van der Waals surface area contributed by atoms with Crippen molar-refractivity contribution in [3.63, 3.8) is 0 Å². The number of phenols is 1. The molecule has 0 amide bonds. The fourth-order valence-corrected chi connectivity index (χ4v) is 1.59. The maximum atomic E-state index is 12.8. The van der Waals surface area contributed by atoms with Crippen LogP contribution in [0.1, 0.15) is 10.4 Å². The van der Waals surface area contributed by atoms with E-state index in [1.807, 2.05) is 0 Å². The first kappa shape index (κ1) is 11.1. The summed E-state index contributed by atoms with van der Waals surface area (Å²) in [6, 6.07) is 9.38. The second-order valence-corrected chi connectivity index (χ2v) is 3.54. The number of aromatic hydroxyl groups is 1. The van der Waals surface area contributed by atoms with Gasteiger partial charge in [0.2, 0.25) is 0 Å². The van der Waals surface area contributed by atoms with Gasteiger partial charge >= 0.3 is 5.97 Å². The largest absolute Gasteiger partial charge is 0.508 e. The Balaban J connectivity index is 2.60. The first-order valence-corrected chi connectivity index (χ1v) is 4.90. The van der Waals surface area contributed by atoms with Gasteiger partial charge in [-0.1, -0.05) is 12.1 Å². The number of carbonyl (C=O) groups is 1. The highest BCUT2D eigenvalue weighted by molar-refractivity contribution is 5.96. The maximum absolute atomic E-state index is 12.8. The highest BCUT2D eigenvalue weighted by Gasteiger charge is 2.12. The third-order valence-corrected chi connectivity index (χ3v) is 2.39. The van der Waals surface area contributed by atoms with Crippen molar-refractivity contribution in [3.8, 4) is 16.9 Å². The Morgan fingerprint density at radius 2 is 1.71 bits per heavy atom. The molecule has 0 radical (unpaired) electrons. The number of hydrogen-bond acceptors (Lipinski definition) is 2. The van der Waals surface area contributed by atoms with Crippen LogP contribution < -0.4 is 0 Å². The number of phenolic OH excluding ortho intramolecular Hbond substituents is 1. The van der Waals surface area contributed by atoms with Crippen LogP contribution >= 0.6 is 0 Å². The summed E-state index contributed by atoms with van der Waals surface area (Å²) in [5.74, 6) is -1.52. The van der Waals surface area contributed by atoms with E-state index in [9.17, 15) is 14.3 Å². The van der Waals surface area contributed by atoms with Crippen molar-refractivity contribution in [1.29, 1.82) is 0 Å². The number of rotatable bonds is 2. The smallest absolute Gasteiger partial charge is 0.336 e. The molecule has 0 spiro atoms. The number of carboxylic acid groups (broad SMARTS) is 1. The van der Waals surface area contributed by atoms with Gasteiger partial charge in [0.15, 0.2) is 0 Å². The fraction of sp³-hybridized carbons (Fsp3) is 0. The van der Waals surface area contributed by atoms with E-state index < -0.39 is 11.8 Å². The van der Waals surface area contributed by atoms with Crippen molar-refractivity contribution in [2.45, 2.75) is 0 Å². The molecule has 0 aliphatic rings. The van der Waals surface area contributed by atoms with Crippen LogP contribution in [0.2, 0.25) is 0 Å². The van der Waals surface area contributed by atoms with Gasteiger partial charge in [-0.05, 0) is 41.5 Å². The van der Waals surface area contributed by atoms with Crippen LogP contribution in [0.4, 0.5) is 4.39 Å². The number of halogens is 1. The molecule has 0 aromatic heterocycles. The summed E-state index contributed by atoms with van der Waals surface area (Å²) < 4.78 is 12.8. The molecule has 0 unspecified atom stereocenters. The van der Waals surface area contributed by atoms with Crippen molar-refractivity contribution >= 4 is 5.97 Å². The Morgan fingerprint density at radius 3 is 2.29 bits per heavy atom. The summed E-state index contributed by atoms with van der Waals surface area (Å²) in [6.45, 7) is 0. The lowest BCUT2D eigenvalue weighted by Gasteiger charge is -2.06. The van der Waals surface area contributed by atoms with Crippen LogP contribution in [-0.2, 0) is 0 Å². The molecule has 0 fully saturated rings. The monoisotopic (exact) mass is 232 g/mol. The molecule has 3 nitrogen and oxygen atoms in total. The zero-order chi connectivity index (χ0) is 12.4. The summed E-state index contributed by atoms with van der Waals surface area (Å²) in [5.41, 5.74) is 0.964. The van der Waals surface area contributed by atoms with Gasteiger partial charge in [0.05, 0.1) is 5.56 Å². The summed E-state index contributed by atoms with van der Waals surface area (Å²) in [7, 11) is 0. The van der Waals surface area contributed by atoms with Crippen molar-refractivity contribution < 1.29 is 19.4 Å². The average Bonchev–Trinajstić information content (AvgIpc) is 2.29. The summed E-state index contributed by atoms with van der Waals surface area (Å²) >= 11 is 0. The zero-order valence-corrected chi connectivity index (χ0v) is 8.72. The molecule has 0 heterocycles. The van der Waals surface area contributed by atoms with Gasteiger partial charge in [0.1, 0.15) is 11.6 Å². The number of carboxylic acids is 1. The molecule has 2 N–H and O–H groups in total. The Hall–Kier alpha value is -2.36. The molecule has 86 valence electrons. The first-order chi connectivity index (χ1) is 8.08. The zero-order valence-electron chi connectivity index (χ0n) is 8.72. The molecule has 4 heteroatoms. The normalized spacial score (nSPS) is 10.2. The van der Waals surface area contributed by atoms with Gasteiger partial charge in [-0.3, -0.25) is 0 Å². The van der Waals surface area contributed by atoms with Gasteiger partial charge in [-0.15, -0.1) is 0 Å². The lowest BCUT2D eigenvalue weighted by Crippen LogP contribution is -1.99. The molecule has 2 rings (SSSR count). The molecule has 0 atom stereocenters. The summed E-state index contributed by atoms with van der Waals surface area (Å²) in [6.07, 6.45) is 0. The standard InChI is InChI=1S/C13H9FO3/c14-9-3-1-8(2-4-9)12-7-10(15)5-6-11(12)13(16)17/h1-7,15H,(H,16,17). The van der Waals surface area contributed by atoms with Crippen LogP contribution in [0.25, 0.3) is 11.1 Å². The van der Waals surface area contributed by atoms with E-state index in [1.165, 1.54) is 42.5 Å². The predicted octanol–water partition coefficient (Wildman–Crippen LogP) is 2.90. The number of benzene rings is 2. The Morgan fingerprint density at radius 1 is 1.06 bits per heavy atom. The lowest BCUT2D eigenvalue weighted by atomic mass is 9.99. The predicted molar refractivity (Wildman–Crippen MR) is 60.5 cm³/mol. The topological polar surface area (TPSA) is 57.5 Å². The molecule has 2 aromatic rings. The first-order valence-electron chi connectivity index (χ1n) is 4.90. The van der Waals surface area contributed by atoms with E-state index >= 15 is 0 Å². The number of hydrogen-bond donors (Lipinski definition) is 2. The van der Waals surface area contributed by atoms with Crippen molar-refractivity contribution in [3.05, 3.63) is 53.8 Å². The molecule has 17 heavy (non-hydrogen) atoms. The second kappa shape index (κ2) is 4.25. The molecule has 0 aliphatic heterocycles. The third kappa shape index (κ3) is 2.25. The molecule has 0 saturated heterocycles. The Bertz CT molecular complexity index is 561. The summed E-state index contributed by atoms with van der Waals surface area (Å²) in [5, 5.41) is 18.4. The van der Waals surface area contributed by atoms with Crippen molar-refractivity contribution in [1.82, 2.24) is 0 Å². The Labute approximate surface area is 96.8 Å². The molecule has 0 bridgehead atoms. The highest BCUT2D eigenvalue weighted by atomic mass is 19.1. The minimum absolute atomic E-state index is 0.0330. The Kier molecular flexibility index (Phi) is 2.78. The van der Waals surface area contributed by atoms with Gasteiger partial charge in [0, 0.05) is 0 Å². The van der Waals surface area contributed by atoms with Gasteiger partial charge in [0.25, 0.3) is 0 Å². The van der Waals surface area contributed by atoms with E-state index in [0.717, 1.165) is 0 Å². The average molecular weight is 232 g/mol. The molecular formula is C13H9FO3. The van der Waals surface area contributed by atoms with Gasteiger partial charge < -0.3 is 10.2 Å². The minimum Gasteiger partial charge on any atom is -0.508 e. The maximum Gasteiger partial charge on any atom is 0.336 e.